The number of benzene rings is 2. The van der Waals surface area contributed by atoms with E-state index in [1.807, 2.05) is 54.6 Å². The Balaban J connectivity index is 2.49. The zero-order valence-corrected chi connectivity index (χ0v) is 10.8. The van der Waals surface area contributed by atoms with E-state index >= 15 is 0 Å². The first kappa shape index (κ1) is 13.5. The van der Waals surface area contributed by atoms with Crippen LogP contribution in [-0.4, -0.2) is 0 Å². The molecule has 0 aromatic heterocycles. The summed E-state index contributed by atoms with van der Waals surface area (Å²) in [4.78, 5) is 0. The van der Waals surface area contributed by atoms with Crippen LogP contribution in [0.3, 0.4) is 0 Å². The first-order valence-electron chi connectivity index (χ1n) is 5.98. The molecule has 0 amide bonds. The third-order valence-electron chi connectivity index (χ3n) is 2.92. The van der Waals surface area contributed by atoms with Gasteiger partial charge in [0.2, 0.25) is 0 Å². The molecule has 0 aliphatic rings. The van der Waals surface area contributed by atoms with Crippen molar-refractivity contribution in [3.05, 3.63) is 59.8 Å². The summed E-state index contributed by atoms with van der Waals surface area (Å²) in [6.45, 7) is 0. The number of nitrogens with zero attached hydrogens (tertiary/aromatic N) is 1. The lowest BCUT2D eigenvalue weighted by atomic mass is 10.0. The molecule has 100 valence electrons. The van der Waals surface area contributed by atoms with Crippen LogP contribution >= 0.6 is 0 Å². The van der Waals surface area contributed by atoms with Crippen molar-refractivity contribution in [2.45, 2.75) is 0 Å². The van der Waals surface area contributed by atoms with Gasteiger partial charge in [0.25, 0.3) is 0 Å². The van der Waals surface area contributed by atoms with Crippen LogP contribution in [0, 0.1) is 11.3 Å². The van der Waals surface area contributed by atoms with E-state index in [1.165, 1.54) is 0 Å². The number of nitrogens with two attached hydrogens (primary N) is 3. The Morgan fingerprint density at radius 2 is 1.70 bits per heavy atom. The lowest BCUT2D eigenvalue weighted by Crippen LogP contribution is -2.23. The Labute approximate surface area is 117 Å². The average Bonchev–Trinajstić information content (AvgIpc) is 2.48. The summed E-state index contributed by atoms with van der Waals surface area (Å²) >= 11 is 0. The monoisotopic (exact) mass is 265 g/mol. The van der Waals surface area contributed by atoms with Crippen LogP contribution < -0.4 is 22.7 Å². The zero-order valence-electron chi connectivity index (χ0n) is 10.8. The van der Waals surface area contributed by atoms with Crippen molar-refractivity contribution >= 4 is 11.4 Å². The van der Waals surface area contributed by atoms with Crippen molar-refractivity contribution < 1.29 is 0 Å². The quantitative estimate of drug-likeness (QED) is 0.291. The predicted octanol–water partition coefficient (Wildman–Crippen LogP) is 1.55. The van der Waals surface area contributed by atoms with E-state index in [2.05, 4.69) is 5.43 Å². The van der Waals surface area contributed by atoms with Crippen molar-refractivity contribution in [1.29, 1.82) is 5.26 Å². The van der Waals surface area contributed by atoms with E-state index in [0.717, 1.165) is 16.7 Å². The molecule has 0 aliphatic heterocycles. The normalized spacial score (nSPS) is 11.4. The third kappa shape index (κ3) is 2.71. The first-order valence-corrected chi connectivity index (χ1v) is 5.98. The summed E-state index contributed by atoms with van der Waals surface area (Å²) in [6, 6.07) is 17.0. The maximum Gasteiger partial charge on any atom is 0.151 e. The fourth-order valence-corrected chi connectivity index (χ4v) is 1.90. The second kappa shape index (κ2) is 5.78. The highest BCUT2D eigenvalue weighted by Gasteiger charge is 2.06. The number of allylic oxidation sites excluding steroid dienone is 1. The van der Waals surface area contributed by atoms with Gasteiger partial charge in [-0.15, -0.1) is 0 Å². The zero-order chi connectivity index (χ0) is 14.5. The van der Waals surface area contributed by atoms with Crippen LogP contribution in [-0.2, 0) is 0 Å². The predicted molar refractivity (Wildman–Crippen MR) is 80.3 cm³/mol. The van der Waals surface area contributed by atoms with Crippen molar-refractivity contribution in [3.8, 4) is 17.2 Å². The van der Waals surface area contributed by atoms with E-state index in [1.54, 1.807) is 0 Å². The molecule has 0 aliphatic carbocycles. The van der Waals surface area contributed by atoms with E-state index in [0.29, 0.717) is 11.4 Å². The van der Waals surface area contributed by atoms with Crippen LogP contribution in [0.4, 0.5) is 5.69 Å². The lowest BCUT2D eigenvalue weighted by molar-refractivity contribution is 0.920. The topological polar surface area (TPSA) is 114 Å². The highest BCUT2D eigenvalue weighted by molar-refractivity contribution is 5.75. The summed E-state index contributed by atoms with van der Waals surface area (Å²) in [7, 11) is 0. The van der Waals surface area contributed by atoms with Gasteiger partial charge in [-0.2, -0.15) is 5.26 Å². The number of anilines is 1. The van der Waals surface area contributed by atoms with Gasteiger partial charge >= 0.3 is 0 Å². The van der Waals surface area contributed by atoms with Gasteiger partial charge in [-0.25, -0.2) is 5.84 Å². The van der Waals surface area contributed by atoms with Crippen molar-refractivity contribution in [2.75, 3.05) is 5.73 Å². The summed E-state index contributed by atoms with van der Waals surface area (Å²) < 4.78 is 0. The Kier molecular flexibility index (Phi) is 3.89. The molecule has 0 unspecified atom stereocenters. The van der Waals surface area contributed by atoms with Crippen LogP contribution in [0.15, 0.2) is 54.2 Å². The van der Waals surface area contributed by atoms with Crippen LogP contribution in [0.5, 0.6) is 0 Å². The van der Waals surface area contributed by atoms with E-state index < -0.39 is 0 Å². The van der Waals surface area contributed by atoms with Gasteiger partial charge in [0.05, 0.1) is 5.70 Å². The number of nitrogens with one attached hydrogen (secondary N) is 1. The molecule has 0 bridgehead atoms. The van der Waals surface area contributed by atoms with E-state index in [4.69, 9.17) is 22.6 Å². The molecule has 20 heavy (non-hydrogen) atoms. The number of nitrogen functional groups attached to an aromatic ring is 1. The van der Waals surface area contributed by atoms with Gasteiger partial charge in [0.1, 0.15) is 6.07 Å². The van der Waals surface area contributed by atoms with Gasteiger partial charge in [0, 0.05) is 11.3 Å². The number of hydrogen-bond acceptors (Lipinski definition) is 5. The van der Waals surface area contributed by atoms with Crippen LogP contribution in [0.1, 0.15) is 5.56 Å². The molecule has 2 rings (SSSR count). The summed E-state index contributed by atoms with van der Waals surface area (Å²) in [5.74, 6) is 5.26. The maximum atomic E-state index is 8.93. The molecule has 0 saturated carbocycles. The fraction of sp³-hybridized carbons (Fsp3) is 0. The maximum absolute atomic E-state index is 8.93. The average molecular weight is 265 g/mol. The molecule has 2 aromatic rings. The second-order valence-corrected chi connectivity index (χ2v) is 4.25. The Morgan fingerprint density at radius 3 is 2.30 bits per heavy atom. The lowest BCUT2D eigenvalue weighted by Gasteiger charge is -2.08. The molecule has 5 nitrogen and oxygen atoms in total. The minimum atomic E-state index is 0.134. The van der Waals surface area contributed by atoms with E-state index in [-0.39, 0.29) is 5.70 Å². The van der Waals surface area contributed by atoms with Crippen molar-refractivity contribution in [1.82, 2.24) is 5.43 Å². The summed E-state index contributed by atoms with van der Waals surface area (Å²) in [5, 5.41) is 8.93. The SMILES string of the molecule is N#C/C(NN)=C(/N)c1cccc(-c2cccc(N)c2)c1. The molecule has 0 atom stereocenters. The summed E-state index contributed by atoms with van der Waals surface area (Å²) in [5.41, 5.74) is 17.8. The summed E-state index contributed by atoms with van der Waals surface area (Å²) in [6.07, 6.45) is 0. The highest BCUT2D eigenvalue weighted by atomic mass is 15.2. The van der Waals surface area contributed by atoms with Gasteiger partial charge in [-0.1, -0.05) is 30.3 Å². The van der Waals surface area contributed by atoms with Crippen molar-refractivity contribution in [3.63, 3.8) is 0 Å². The fourth-order valence-electron chi connectivity index (χ4n) is 1.90. The van der Waals surface area contributed by atoms with Gasteiger partial charge in [0.15, 0.2) is 5.70 Å². The Morgan fingerprint density at radius 1 is 1.05 bits per heavy atom. The Hall–Kier alpha value is -2.97. The molecule has 5 heteroatoms. The molecule has 0 heterocycles. The molecular weight excluding hydrogens is 250 g/mol. The minimum absolute atomic E-state index is 0.134. The largest absolute Gasteiger partial charge is 0.399 e. The van der Waals surface area contributed by atoms with E-state index in [9.17, 15) is 0 Å². The number of nitriles is 1. The highest BCUT2D eigenvalue weighted by Crippen LogP contribution is 2.24. The van der Waals surface area contributed by atoms with Crippen LogP contribution in [0.2, 0.25) is 0 Å². The standard InChI is InChI=1S/C15H15N5/c16-9-14(20-19)15(18)12-5-1-3-10(7-12)11-4-2-6-13(17)8-11/h1-8,20H,17-19H2/b15-14-. The first-order chi connectivity index (χ1) is 9.65. The smallest absolute Gasteiger partial charge is 0.151 e. The molecular formula is C15H15N5. The molecule has 7 N–H and O–H groups in total. The Bertz CT molecular complexity index is 697. The van der Waals surface area contributed by atoms with Gasteiger partial charge < -0.3 is 16.9 Å². The molecule has 0 spiro atoms. The third-order valence-corrected chi connectivity index (χ3v) is 2.92. The molecule has 0 saturated heterocycles. The van der Waals surface area contributed by atoms with Crippen LogP contribution in [0.25, 0.3) is 16.8 Å². The molecule has 0 radical (unpaired) electrons. The number of hydrogen-bond donors (Lipinski definition) is 4. The molecule has 2 aromatic carbocycles. The molecule has 0 fully saturated rings. The second-order valence-electron chi connectivity index (χ2n) is 4.25. The van der Waals surface area contributed by atoms with Gasteiger partial charge in [-0.05, 0) is 29.3 Å². The van der Waals surface area contributed by atoms with Crippen molar-refractivity contribution in [2.24, 2.45) is 11.6 Å². The minimum Gasteiger partial charge on any atom is -0.399 e. The number of rotatable bonds is 3. The number of hydrazine groups is 1. The van der Waals surface area contributed by atoms with Gasteiger partial charge in [-0.3, -0.25) is 0 Å².